The number of aromatic amines is 1. The molecule has 2 rings (SSSR count). The third kappa shape index (κ3) is 0.857. The van der Waals surface area contributed by atoms with E-state index in [9.17, 15) is 0 Å². The van der Waals surface area contributed by atoms with Gasteiger partial charge in [0.15, 0.2) is 0 Å². The summed E-state index contributed by atoms with van der Waals surface area (Å²) in [6, 6.07) is 4.02. The molecule has 0 unspecified atom stereocenters. The van der Waals surface area contributed by atoms with Crippen molar-refractivity contribution >= 4 is 10.9 Å². The highest BCUT2D eigenvalue weighted by Crippen LogP contribution is 2.16. The number of aromatic nitrogens is 2. The summed E-state index contributed by atoms with van der Waals surface area (Å²) in [6.45, 7) is 1.92. The molecule has 0 saturated heterocycles. The van der Waals surface area contributed by atoms with Crippen molar-refractivity contribution in [3.8, 4) is 6.07 Å². The van der Waals surface area contributed by atoms with Gasteiger partial charge in [0.2, 0.25) is 0 Å². The predicted molar refractivity (Wildman–Crippen MR) is 45.5 cm³/mol. The van der Waals surface area contributed by atoms with Crippen LogP contribution in [0.3, 0.4) is 0 Å². The molecule has 0 atom stereocenters. The lowest BCUT2D eigenvalue weighted by Crippen LogP contribution is -1.79. The Bertz CT molecular complexity index is 462. The highest BCUT2D eigenvalue weighted by atomic mass is 14.7. The summed E-state index contributed by atoms with van der Waals surface area (Å²) in [5, 5.41) is 9.59. The second kappa shape index (κ2) is 2.35. The van der Waals surface area contributed by atoms with E-state index in [1.807, 2.05) is 13.0 Å². The van der Waals surface area contributed by atoms with Gasteiger partial charge >= 0.3 is 0 Å². The number of nitriles is 1. The van der Waals surface area contributed by atoms with Gasteiger partial charge in [-0.1, -0.05) is 0 Å². The Labute approximate surface area is 69.7 Å². The number of rotatable bonds is 0. The molecule has 0 fully saturated rings. The van der Waals surface area contributed by atoms with Crippen LogP contribution in [0.15, 0.2) is 18.5 Å². The van der Waals surface area contributed by atoms with E-state index in [1.54, 1.807) is 12.4 Å². The minimum absolute atomic E-state index is 0.650. The fourth-order valence-corrected chi connectivity index (χ4v) is 1.21. The Morgan fingerprint density at radius 2 is 2.42 bits per heavy atom. The van der Waals surface area contributed by atoms with Crippen LogP contribution in [0.25, 0.3) is 10.9 Å². The highest BCUT2D eigenvalue weighted by Gasteiger charge is 2.01. The summed E-state index contributed by atoms with van der Waals surface area (Å²) in [5.41, 5.74) is 2.57. The van der Waals surface area contributed by atoms with Crippen molar-refractivity contribution in [1.29, 1.82) is 5.26 Å². The van der Waals surface area contributed by atoms with Crippen LogP contribution in [0.4, 0.5) is 0 Å². The Balaban J connectivity index is 2.84. The molecule has 12 heavy (non-hydrogen) atoms. The van der Waals surface area contributed by atoms with Crippen LogP contribution in [-0.2, 0) is 0 Å². The van der Waals surface area contributed by atoms with Gasteiger partial charge < -0.3 is 4.98 Å². The van der Waals surface area contributed by atoms with Crippen molar-refractivity contribution in [2.75, 3.05) is 0 Å². The van der Waals surface area contributed by atoms with Gasteiger partial charge in [0.1, 0.15) is 6.07 Å². The number of hydrogen-bond donors (Lipinski definition) is 1. The molecule has 0 bridgehead atoms. The lowest BCUT2D eigenvalue weighted by atomic mass is 10.2. The van der Waals surface area contributed by atoms with Crippen LogP contribution >= 0.6 is 0 Å². The summed E-state index contributed by atoms with van der Waals surface area (Å²) in [6.07, 6.45) is 3.42. The molecule has 2 aromatic heterocycles. The lowest BCUT2D eigenvalue weighted by Gasteiger charge is -1.91. The normalized spacial score (nSPS) is 10.0. The van der Waals surface area contributed by atoms with E-state index >= 15 is 0 Å². The van der Waals surface area contributed by atoms with Crippen molar-refractivity contribution in [2.45, 2.75) is 6.92 Å². The molecule has 58 valence electrons. The summed E-state index contributed by atoms with van der Waals surface area (Å²) < 4.78 is 0. The second-order valence-corrected chi connectivity index (χ2v) is 2.69. The largest absolute Gasteiger partial charge is 0.360 e. The minimum atomic E-state index is 0.650. The number of fused-ring (bicyclic) bond motifs is 1. The number of hydrogen-bond acceptors (Lipinski definition) is 2. The van der Waals surface area contributed by atoms with Crippen LogP contribution in [-0.4, -0.2) is 9.97 Å². The van der Waals surface area contributed by atoms with E-state index in [1.165, 1.54) is 0 Å². The fraction of sp³-hybridized carbons (Fsp3) is 0.111. The van der Waals surface area contributed by atoms with Crippen LogP contribution in [0.1, 0.15) is 11.3 Å². The average molecular weight is 157 g/mol. The molecule has 0 spiro atoms. The molecular weight excluding hydrogens is 150 g/mol. The molecule has 3 nitrogen and oxygen atoms in total. The molecule has 0 amide bonds. The first-order valence-electron chi connectivity index (χ1n) is 3.65. The van der Waals surface area contributed by atoms with E-state index in [2.05, 4.69) is 16.0 Å². The average Bonchev–Trinajstić information content (AvgIpc) is 2.46. The summed E-state index contributed by atoms with van der Waals surface area (Å²) >= 11 is 0. The highest BCUT2D eigenvalue weighted by molar-refractivity contribution is 5.84. The van der Waals surface area contributed by atoms with Crippen molar-refractivity contribution in [1.82, 2.24) is 9.97 Å². The van der Waals surface area contributed by atoms with Crippen LogP contribution in [0, 0.1) is 18.3 Å². The van der Waals surface area contributed by atoms with Crippen molar-refractivity contribution in [3.63, 3.8) is 0 Å². The molecule has 0 saturated carbocycles. The van der Waals surface area contributed by atoms with Crippen molar-refractivity contribution in [3.05, 3.63) is 29.7 Å². The van der Waals surface area contributed by atoms with Gasteiger partial charge in [-0.25, -0.2) is 0 Å². The zero-order chi connectivity index (χ0) is 8.55. The third-order valence-electron chi connectivity index (χ3n) is 1.82. The summed E-state index contributed by atoms with van der Waals surface area (Å²) in [5.74, 6) is 0. The molecule has 0 aliphatic carbocycles. The van der Waals surface area contributed by atoms with E-state index in [0.29, 0.717) is 5.56 Å². The van der Waals surface area contributed by atoms with Gasteiger partial charge in [-0.2, -0.15) is 5.26 Å². The Kier molecular flexibility index (Phi) is 1.34. The molecule has 0 aromatic carbocycles. The first-order chi connectivity index (χ1) is 5.81. The number of H-pyrrole nitrogens is 1. The fourth-order valence-electron chi connectivity index (χ4n) is 1.21. The second-order valence-electron chi connectivity index (χ2n) is 2.69. The molecular formula is C9H7N3. The van der Waals surface area contributed by atoms with Crippen LogP contribution in [0.5, 0.6) is 0 Å². The molecule has 3 heteroatoms. The third-order valence-corrected chi connectivity index (χ3v) is 1.82. The summed E-state index contributed by atoms with van der Waals surface area (Å²) in [7, 11) is 0. The number of nitrogens with zero attached hydrogens (tertiary/aromatic N) is 2. The predicted octanol–water partition coefficient (Wildman–Crippen LogP) is 1.74. The Morgan fingerprint density at radius 3 is 3.17 bits per heavy atom. The maximum absolute atomic E-state index is 8.70. The maximum Gasteiger partial charge on any atom is 0.101 e. The van der Waals surface area contributed by atoms with Gasteiger partial charge in [0.25, 0.3) is 0 Å². The molecule has 0 aliphatic rings. The molecule has 0 radical (unpaired) electrons. The van der Waals surface area contributed by atoms with E-state index in [4.69, 9.17) is 5.26 Å². The van der Waals surface area contributed by atoms with Crippen LogP contribution in [0.2, 0.25) is 0 Å². The Hall–Kier alpha value is -1.82. The molecule has 2 heterocycles. The minimum Gasteiger partial charge on any atom is -0.360 e. The van der Waals surface area contributed by atoms with E-state index < -0.39 is 0 Å². The van der Waals surface area contributed by atoms with Gasteiger partial charge in [-0.3, -0.25) is 4.98 Å². The smallest absolute Gasteiger partial charge is 0.101 e. The van der Waals surface area contributed by atoms with E-state index in [0.717, 1.165) is 16.6 Å². The van der Waals surface area contributed by atoms with Crippen LogP contribution < -0.4 is 0 Å². The first kappa shape index (κ1) is 6.86. The van der Waals surface area contributed by atoms with Gasteiger partial charge in [-0.15, -0.1) is 0 Å². The van der Waals surface area contributed by atoms with Crippen molar-refractivity contribution in [2.24, 2.45) is 0 Å². The molecule has 0 aliphatic heterocycles. The number of nitrogens with one attached hydrogen (secondary N) is 1. The van der Waals surface area contributed by atoms with Gasteiger partial charge in [0, 0.05) is 23.5 Å². The monoisotopic (exact) mass is 157 g/mol. The Morgan fingerprint density at radius 1 is 1.58 bits per heavy atom. The topological polar surface area (TPSA) is 52.5 Å². The zero-order valence-electron chi connectivity index (χ0n) is 6.63. The molecule has 2 aromatic rings. The number of aryl methyl sites for hydroxylation is 1. The molecule has 1 N–H and O–H groups in total. The van der Waals surface area contributed by atoms with Gasteiger partial charge in [-0.05, 0) is 13.0 Å². The first-order valence-corrected chi connectivity index (χ1v) is 3.65. The quantitative estimate of drug-likeness (QED) is 0.633. The maximum atomic E-state index is 8.70. The van der Waals surface area contributed by atoms with Crippen molar-refractivity contribution < 1.29 is 0 Å². The number of pyridine rings is 1. The SMILES string of the molecule is Cc1cc2[nH]cc(C#N)c2cn1. The van der Waals surface area contributed by atoms with Gasteiger partial charge in [0.05, 0.1) is 11.1 Å². The standard InChI is InChI=1S/C9H7N3/c1-6-2-9-8(5-11-6)7(3-10)4-12-9/h2,4-5,12H,1H3. The zero-order valence-corrected chi connectivity index (χ0v) is 6.63. The van der Waals surface area contributed by atoms with E-state index in [-0.39, 0.29) is 0 Å². The lowest BCUT2D eigenvalue weighted by molar-refractivity contribution is 1.22. The summed E-state index contributed by atoms with van der Waals surface area (Å²) in [4.78, 5) is 7.13.